The van der Waals surface area contributed by atoms with E-state index in [-0.39, 0.29) is 5.69 Å². The largest absolute Gasteiger partial charge is 0.456 e. The number of halogens is 3. The Morgan fingerprint density at radius 3 is 2.60 bits per heavy atom. The molecule has 0 fully saturated rings. The van der Waals surface area contributed by atoms with E-state index >= 15 is 0 Å². The minimum Gasteiger partial charge on any atom is -0.456 e. The van der Waals surface area contributed by atoms with Gasteiger partial charge in [0, 0.05) is 29.1 Å². The summed E-state index contributed by atoms with van der Waals surface area (Å²) in [6.45, 7) is 0. The Morgan fingerprint density at radius 1 is 1.20 bits per heavy atom. The second-order valence-electron chi connectivity index (χ2n) is 3.86. The van der Waals surface area contributed by atoms with E-state index in [1.54, 1.807) is 0 Å². The van der Waals surface area contributed by atoms with Gasteiger partial charge in [-0.3, -0.25) is 10.1 Å². The summed E-state index contributed by atoms with van der Waals surface area (Å²) in [5, 5.41) is 11.1. The summed E-state index contributed by atoms with van der Waals surface area (Å²) in [7, 11) is 0. The van der Waals surface area contributed by atoms with Gasteiger partial charge in [0.15, 0.2) is 0 Å². The predicted octanol–water partition coefficient (Wildman–Crippen LogP) is 5.18. The predicted molar refractivity (Wildman–Crippen MR) is 79.9 cm³/mol. The Kier molecular flexibility index (Phi) is 4.72. The highest BCUT2D eigenvalue weighted by Crippen LogP contribution is 2.34. The molecule has 4 nitrogen and oxygen atoms in total. The average Bonchev–Trinajstić information content (AvgIpc) is 2.43. The first-order valence-electron chi connectivity index (χ1n) is 5.47. The minimum absolute atomic E-state index is 0.0230. The average molecular weight is 405 g/mol. The van der Waals surface area contributed by atoms with E-state index in [0.717, 1.165) is 0 Å². The topological polar surface area (TPSA) is 52.4 Å². The van der Waals surface area contributed by atoms with Crippen LogP contribution in [0.2, 0.25) is 0 Å². The van der Waals surface area contributed by atoms with Crippen molar-refractivity contribution in [2.24, 2.45) is 0 Å². The van der Waals surface area contributed by atoms with Crippen molar-refractivity contribution in [2.75, 3.05) is 0 Å². The summed E-state index contributed by atoms with van der Waals surface area (Å²) in [5.41, 5.74) is 0.584. The van der Waals surface area contributed by atoms with Crippen molar-refractivity contribution >= 4 is 37.5 Å². The van der Waals surface area contributed by atoms with Gasteiger partial charge < -0.3 is 4.74 Å². The number of hydrogen-bond donors (Lipinski definition) is 0. The van der Waals surface area contributed by atoms with Gasteiger partial charge in [-0.1, -0.05) is 15.9 Å². The molecule has 7 heteroatoms. The van der Waals surface area contributed by atoms with E-state index in [1.165, 1.54) is 36.4 Å². The zero-order valence-corrected chi connectivity index (χ0v) is 13.1. The molecule has 0 amide bonds. The van der Waals surface area contributed by atoms with Crippen molar-refractivity contribution in [3.05, 3.63) is 62.4 Å². The van der Waals surface area contributed by atoms with Gasteiger partial charge in [-0.25, -0.2) is 4.39 Å². The van der Waals surface area contributed by atoms with Gasteiger partial charge in [-0.15, -0.1) is 0 Å². The standard InChI is InChI=1S/C13H8Br2FNO3/c14-7-8-5-10(17(18)19)2-4-12(8)20-13-6-9(16)1-3-11(13)15/h1-6H,7H2. The lowest BCUT2D eigenvalue weighted by molar-refractivity contribution is -0.384. The molecule has 0 saturated heterocycles. The molecule has 0 aromatic heterocycles. The molecule has 0 heterocycles. The van der Waals surface area contributed by atoms with Gasteiger partial charge in [0.25, 0.3) is 5.69 Å². The molecular formula is C13H8Br2FNO3. The molecule has 0 radical (unpaired) electrons. The second kappa shape index (κ2) is 6.32. The van der Waals surface area contributed by atoms with Gasteiger partial charge in [0.1, 0.15) is 17.3 Å². The highest BCUT2D eigenvalue weighted by Gasteiger charge is 2.13. The molecule has 2 aromatic carbocycles. The van der Waals surface area contributed by atoms with Crippen LogP contribution in [0.5, 0.6) is 11.5 Å². The van der Waals surface area contributed by atoms with Crippen LogP contribution in [0.25, 0.3) is 0 Å². The Morgan fingerprint density at radius 2 is 1.95 bits per heavy atom. The van der Waals surface area contributed by atoms with Crippen molar-refractivity contribution in [3.8, 4) is 11.5 Å². The van der Waals surface area contributed by atoms with Crippen LogP contribution in [0, 0.1) is 15.9 Å². The van der Waals surface area contributed by atoms with E-state index < -0.39 is 10.7 Å². The molecule has 2 rings (SSSR count). The fourth-order valence-corrected chi connectivity index (χ4v) is 2.32. The van der Waals surface area contributed by atoms with Gasteiger partial charge >= 0.3 is 0 Å². The quantitative estimate of drug-likeness (QED) is 0.400. The van der Waals surface area contributed by atoms with Crippen molar-refractivity contribution in [1.82, 2.24) is 0 Å². The lowest BCUT2D eigenvalue weighted by Gasteiger charge is -2.11. The van der Waals surface area contributed by atoms with E-state index in [4.69, 9.17) is 4.74 Å². The first-order valence-corrected chi connectivity index (χ1v) is 7.39. The van der Waals surface area contributed by atoms with Gasteiger partial charge in [0.2, 0.25) is 0 Å². The van der Waals surface area contributed by atoms with Gasteiger partial charge in [-0.05, 0) is 34.1 Å². The lowest BCUT2D eigenvalue weighted by atomic mass is 10.2. The second-order valence-corrected chi connectivity index (χ2v) is 5.27. The molecule has 0 atom stereocenters. The van der Waals surface area contributed by atoms with E-state index in [1.807, 2.05) is 0 Å². The first kappa shape index (κ1) is 14.9. The first-order chi connectivity index (χ1) is 9.51. The molecule has 20 heavy (non-hydrogen) atoms. The van der Waals surface area contributed by atoms with Crippen LogP contribution in [0.1, 0.15) is 5.56 Å². The van der Waals surface area contributed by atoms with Crippen LogP contribution >= 0.6 is 31.9 Å². The molecule has 0 aliphatic heterocycles. The molecule has 2 aromatic rings. The van der Waals surface area contributed by atoms with Crippen molar-refractivity contribution in [1.29, 1.82) is 0 Å². The van der Waals surface area contributed by atoms with Gasteiger partial charge in [-0.2, -0.15) is 0 Å². The molecule has 0 unspecified atom stereocenters. The van der Waals surface area contributed by atoms with E-state index in [2.05, 4.69) is 31.9 Å². The Labute approximate surface area is 131 Å². The molecule has 0 spiro atoms. The fourth-order valence-electron chi connectivity index (χ4n) is 1.56. The van der Waals surface area contributed by atoms with Crippen LogP contribution in [-0.4, -0.2) is 4.92 Å². The number of ether oxygens (including phenoxy) is 1. The third kappa shape index (κ3) is 3.34. The van der Waals surface area contributed by atoms with Crippen LogP contribution in [-0.2, 0) is 5.33 Å². The third-order valence-corrected chi connectivity index (χ3v) is 3.77. The third-order valence-electron chi connectivity index (χ3n) is 2.51. The van der Waals surface area contributed by atoms with Crippen LogP contribution < -0.4 is 4.74 Å². The highest BCUT2D eigenvalue weighted by molar-refractivity contribution is 9.10. The molecule has 0 bridgehead atoms. The van der Waals surface area contributed by atoms with Gasteiger partial charge in [0.05, 0.1) is 9.40 Å². The van der Waals surface area contributed by atoms with Crippen LogP contribution in [0.3, 0.4) is 0 Å². The number of nitro groups is 1. The summed E-state index contributed by atoms with van der Waals surface area (Å²) in [6, 6.07) is 8.32. The number of nitro benzene ring substituents is 1. The van der Waals surface area contributed by atoms with E-state index in [0.29, 0.717) is 26.9 Å². The molecule has 0 saturated carbocycles. The zero-order valence-electron chi connectivity index (χ0n) is 9.98. The maximum absolute atomic E-state index is 13.2. The number of rotatable bonds is 4. The SMILES string of the molecule is O=[N+]([O-])c1ccc(Oc2cc(F)ccc2Br)c(CBr)c1. The fraction of sp³-hybridized carbons (Fsp3) is 0.0769. The highest BCUT2D eigenvalue weighted by atomic mass is 79.9. The van der Waals surface area contributed by atoms with Crippen molar-refractivity contribution in [3.63, 3.8) is 0 Å². The smallest absolute Gasteiger partial charge is 0.270 e. The molecule has 0 aliphatic rings. The van der Waals surface area contributed by atoms with Crippen LogP contribution in [0.15, 0.2) is 40.9 Å². The summed E-state index contributed by atoms with van der Waals surface area (Å²) in [5.74, 6) is 0.310. The van der Waals surface area contributed by atoms with Crippen LogP contribution in [0.4, 0.5) is 10.1 Å². The summed E-state index contributed by atoms with van der Waals surface area (Å²) < 4.78 is 19.4. The molecule has 0 N–H and O–H groups in total. The summed E-state index contributed by atoms with van der Waals surface area (Å²) in [6.07, 6.45) is 0. The zero-order chi connectivity index (χ0) is 14.7. The number of hydrogen-bond acceptors (Lipinski definition) is 3. The molecular weight excluding hydrogens is 397 g/mol. The molecule has 104 valence electrons. The number of nitrogens with zero attached hydrogens (tertiary/aromatic N) is 1. The lowest BCUT2D eigenvalue weighted by Crippen LogP contribution is -1.94. The number of alkyl halides is 1. The Balaban J connectivity index is 2.38. The maximum atomic E-state index is 13.2. The molecule has 0 aliphatic carbocycles. The Hall–Kier alpha value is -1.47. The minimum atomic E-state index is -0.478. The number of non-ortho nitro benzene ring substituents is 1. The maximum Gasteiger partial charge on any atom is 0.270 e. The normalized spacial score (nSPS) is 10.3. The summed E-state index contributed by atoms with van der Waals surface area (Å²) in [4.78, 5) is 10.3. The number of benzene rings is 2. The van der Waals surface area contributed by atoms with E-state index in [9.17, 15) is 14.5 Å². The Bertz CT molecular complexity index is 664. The van der Waals surface area contributed by atoms with Crippen molar-refractivity contribution < 1.29 is 14.1 Å². The van der Waals surface area contributed by atoms with Crippen molar-refractivity contribution in [2.45, 2.75) is 5.33 Å². The monoisotopic (exact) mass is 403 g/mol. The summed E-state index contributed by atoms with van der Waals surface area (Å²) >= 11 is 6.51.